The molecule has 4 aromatic rings. The predicted molar refractivity (Wildman–Crippen MR) is 106 cm³/mol. The molecule has 0 atom stereocenters. The molecule has 3 heterocycles. The Bertz CT molecular complexity index is 1220. The zero-order chi connectivity index (χ0) is 19.7. The van der Waals surface area contributed by atoms with Crippen LogP contribution in [0.15, 0.2) is 35.5 Å². The number of carbonyl (C=O) groups is 1. The first-order valence-corrected chi connectivity index (χ1v) is 9.21. The molecular weight excluding hydrogens is 358 g/mol. The first kappa shape index (κ1) is 17.9. The topological polar surface area (TPSA) is 110 Å². The van der Waals surface area contributed by atoms with Crippen LogP contribution in [0, 0.1) is 0 Å². The number of anilines is 1. The van der Waals surface area contributed by atoms with Gasteiger partial charge >= 0.3 is 0 Å². The molecule has 0 aliphatic rings. The van der Waals surface area contributed by atoms with Crippen molar-refractivity contribution in [2.24, 2.45) is 7.05 Å². The van der Waals surface area contributed by atoms with Crippen molar-refractivity contribution in [3.63, 3.8) is 0 Å². The Morgan fingerprint density at radius 3 is 3.00 bits per heavy atom. The number of aryl methyl sites for hydroxylation is 2. The number of hydrogen-bond acceptors (Lipinski definition) is 5. The number of H-pyrrole nitrogens is 1. The van der Waals surface area contributed by atoms with E-state index >= 15 is 0 Å². The number of hydrogen-bond donors (Lipinski definition) is 2. The van der Waals surface area contributed by atoms with Crippen LogP contribution in [-0.2, 0) is 24.8 Å². The van der Waals surface area contributed by atoms with Gasteiger partial charge in [0.05, 0.1) is 17.2 Å². The van der Waals surface area contributed by atoms with Gasteiger partial charge in [-0.2, -0.15) is 5.10 Å². The number of fused-ring (bicyclic) bond motifs is 2. The van der Waals surface area contributed by atoms with Crippen LogP contribution < -0.4 is 10.9 Å². The van der Waals surface area contributed by atoms with Crippen molar-refractivity contribution in [1.29, 1.82) is 0 Å². The third-order valence-corrected chi connectivity index (χ3v) is 4.61. The highest BCUT2D eigenvalue weighted by molar-refractivity contribution is 5.93. The molecule has 28 heavy (non-hydrogen) atoms. The summed E-state index contributed by atoms with van der Waals surface area (Å²) in [6.07, 6.45) is 5.91. The van der Waals surface area contributed by atoms with Gasteiger partial charge in [0, 0.05) is 19.2 Å². The van der Waals surface area contributed by atoms with Gasteiger partial charge in [-0.15, -0.1) is 0 Å². The van der Waals surface area contributed by atoms with Crippen molar-refractivity contribution in [3.05, 3.63) is 46.9 Å². The summed E-state index contributed by atoms with van der Waals surface area (Å²) in [5.74, 6) is 0.639. The Morgan fingerprint density at radius 2 is 2.18 bits per heavy atom. The molecule has 0 bridgehead atoms. The summed E-state index contributed by atoms with van der Waals surface area (Å²) in [7, 11) is 1.71. The number of aromatic amines is 1. The zero-order valence-electron chi connectivity index (χ0n) is 15.8. The Morgan fingerprint density at radius 1 is 1.32 bits per heavy atom. The van der Waals surface area contributed by atoms with E-state index in [1.165, 1.54) is 21.8 Å². The normalized spacial score (nSPS) is 11.4. The second-order valence-electron chi connectivity index (χ2n) is 6.75. The SMILES string of the molecule is CCCCc1nc2ccc(NC(=O)Cn3cnc4c(cnn4C)c3=O)cc2[nH]1. The van der Waals surface area contributed by atoms with E-state index in [9.17, 15) is 9.59 Å². The summed E-state index contributed by atoms with van der Waals surface area (Å²) < 4.78 is 2.80. The van der Waals surface area contributed by atoms with Gasteiger partial charge in [-0.05, 0) is 24.6 Å². The molecule has 0 saturated carbocycles. The molecular formula is C19H21N7O2. The number of unbranched alkanes of at least 4 members (excludes halogenated alkanes) is 1. The minimum atomic E-state index is -0.308. The third kappa shape index (κ3) is 3.38. The van der Waals surface area contributed by atoms with E-state index in [4.69, 9.17) is 0 Å². The highest BCUT2D eigenvalue weighted by Crippen LogP contribution is 2.18. The molecule has 9 nitrogen and oxygen atoms in total. The fraction of sp³-hybridized carbons (Fsp3) is 0.316. The number of carbonyl (C=O) groups excluding carboxylic acids is 1. The van der Waals surface area contributed by atoms with Crippen LogP contribution >= 0.6 is 0 Å². The minimum absolute atomic E-state index is 0.126. The maximum atomic E-state index is 12.5. The lowest BCUT2D eigenvalue weighted by atomic mass is 10.2. The van der Waals surface area contributed by atoms with E-state index in [-0.39, 0.29) is 18.0 Å². The fourth-order valence-corrected chi connectivity index (χ4v) is 3.14. The van der Waals surface area contributed by atoms with Gasteiger partial charge in [-0.25, -0.2) is 9.97 Å². The van der Waals surface area contributed by atoms with Gasteiger partial charge in [-0.3, -0.25) is 18.8 Å². The first-order chi connectivity index (χ1) is 13.5. The van der Waals surface area contributed by atoms with Crippen molar-refractivity contribution in [3.8, 4) is 0 Å². The average Bonchev–Trinajstić information content (AvgIpc) is 3.25. The number of rotatable bonds is 6. The fourth-order valence-electron chi connectivity index (χ4n) is 3.14. The van der Waals surface area contributed by atoms with E-state index in [1.807, 2.05) is 12.1 Å². The number of amides is 1. The molecule has 0 aliphatic heterocycles. The Hall–Kier alpha value is -3.49. The summed E-state index contributed by atoms with van der Waals surface area (Å²) in [4.78, 5) is 36.9. The van der Waals surface area contributed by atoms with Gasteiger partial charge in [0.2, 0.25) is 5.91 Å². The summed E-state index contributed by atoms with van der Waals surface area (Å²) in [6.45, 7) is 2.02. The van der Waals surface area contributed by atoms with E-state index in [1.54, 1.807) is 13.1 Å². The molecule has 0 spiro atoms. The second kappa shape index (κ2) is 7.26. The van der Waals surface area contributed by atoms with Crippen LogP contribution in [0.25, 0.3) is 22.1 Å². The number of nitrogens with zero attached hydrogens (tertiary/aromatic N) is 5. The van der Waals surface area contributed by atoms with Gasteiger partial charge < -0.3 is 10.3 Å². The van der Waals surface area contributed by atoms with Gasteiger partial charge in [0.1, 0.15) is 24.1 Å². The highest BCUT2D eigenvalue weighted by Gasteiger charge is 2.11. The van der Waals surface area contributed by atoms with Crippen molar-refractivity contribution < 1.29 is 4.79 Å². The largest absolute Gasteiger partial charge is 0.342 e. The van der Waals surface area contributed by atoms with E-state index in [0.29, 0.717) is 16.7 Å². The van der Waals surface area contributed by atoms with Gasteiger partial charge in [0.25, 0.3) is 5.56 Å². The molecule has 1 aromatic carbocycles. The molecule has 2 N–H and O–H groups in total. The van der Waals surface area contributed by atoms with Crippen LogP contribution in [0.2, 0.25) is 0 Å². The molecule has 0 unspecified atom stereocenters. The Kier molecular flexibility index (Phi) is 4.64. The monoisotopic (exact) mass is 379 g/mol. The standard InChI is InChI=1S/C19H21N7O2/c1-3-4-5-16-23-14-7-6-12(8-15(14)24-16)22-17(27)10-26-11-20-18-13(19(26)28)9-21-25(18)2/h6-9,11H,3-5,10H2,1-2H3,(H,22,27)(H,23,24). The summed E-state index contributed by atoms with van der Waals surface area (Å²) in [5, 5.41) is 7.23. The van der Waals surface area contributed by atoms with Crippen molar-refractivity contribution in [2.45, 2.75) is 32.7 Å². The van der Waals surface area contributed by atoms with Crippen LogP contribution in [0.1, 0.15) is 25.6 Å². The van der Waals surface area contributed by atoms with Crippen LogP contribution in [0.3, 0.4) is 0 Å². The maximum Gasteiger partial charge on any atom is 0.264 e. The van der Waals surface area contributed by atoms with Crippen LogP contribution in [0.4, 0.5) is 5.69 Å². The van der Waals surface area contributed by atoms with Gasteiger partial charge in [-0.1, -0.05) is 13.3 Å². The number of benzene rings is 1. The third-order valence-electron chi connectivity index (χ3n) is 4.61. The smallest absolute Gasteiger partial charge is 0.264 e. The lowest BCUT2D eigenvalue weighted by Gasteiger charge is -2.07. The van der Waals surface area contributed by atoms with E-state index < -0.39 is 0 Å². The summed E-state index contributed by atoms with van der Waals surface area (Å²) in [6, 6.07) is 5.52. The van der Waals surface area contributed by atoms with Crippen LogP contribution in [0.5, 0.6) is 0 Å². The van der Waals surface area contributed by atoms with Crippen LogP contribution in [-0.4, -0.2) is 35.2 Å². The van der Waals surface area contributed by atoms with Gasteiger partial charge in [0.15, 0.2) is 5.65 Å². The van der Waals surface area contributed by atoms with Crippen molar-refractivity contribution in [2.75, 3.05) is 5.32 Å². The first-order valence-electron chi connectivity index (χ1n) is 9.21. The highest BCUT2D eigenvalue weighted by atomic mass is 16.2. The summed E-state index contributed by atoms with van der Waals surface area (Å²) >= 11 is 0. The molecule has 144 valence electrons. The van der Waals surface area contributed by atoms with E-state index in [0.717, 1.165) is 36.1 Å². The molecule has 0 fully saturated rings. The Balaban J connectivity index is 1.50. The number of imidazole rings is 1. The van der Waals surface area contributed by atoms with E-state index in [2.05, 4.69) is 32.3 Å². The molecule has 0 aliphatic carbocycles. The number of aromatic nitrogens is 6. The molecule has 1 amide bonds. The zero-order valence-corrected chi connectivity index (χ0v) is 15.8. The van der Waals surface area contributed by atoms with Crippen molar-refractivity contribution >= 4 is 33.7 Å². The Labute approximate surface area is 160 Å². The molecule has 3 aromatic heterocycles. The lowest BCUT2D eigenvalue weighted by molar-refractivity contribution is -0.116. The molecule has 4 rings (SSSR count). The number of nitrogens with one attached hydrogen (secondary N) is 2. The predicted octanol–water partition coefficient (Wildman–Crippen LogP) is 1.99. The quantitative estimate of drug-likeness (QED) is 0.532. The molecule has 0 radical (unpaired) electrons. The maximum absolute atomic E-state index is 12.5. The van der Waals surface area contributed by atoms with Crippen molar-refractivity contribution in [1.82, 2.24) is 29.3 Å². The molecule has 9 heteroatoms. The summed E-state index contributed by atoms with van der Waals surface area (Å²) in [5.41, 5.74) is 2.58. The lowest BCUT2D eigenvalue weighted by Crippen LogP contribution is -2.27. The molecule has 0 saturated heterocycles. The average molecular weight is 379 g/mol. The second-order valence-corrected chi connectivity index (χ2v) is 6.75. The minimum Gasteiger partial charge on any atom is -0.342 e.